The lowest BCUT2D eigenvalue weighted by Gasteiger charge is -2.07. The molecule has 0 saturated carbocycles. The van der Waals surface area contributed by atoms with Gasteiger partial charge in [-0.2, -0.15) is 11.3 Å². The number of ether oxygens (including phenoxy) is 1. The smallest absolute Gasteiger partial charge is 0.251 e. The molecule has 6 nitrogen and oxygen atoms in total. The van der Waals surface area contributed by atoms with Crippen molar-refractivity contribution in [2.24, 2.45) is 0 Å². The van der Waals surface area contributed by atoms with Crippen LogP contribution in [-0.2, 0) is 6.54 Å². The van der Waals surface area contributed by atoms with Gasteiger partial charge >= 0.3 is 0 Å². The SMILES string of the molecule is O=C(NCc1cn(-c2ccsc2)nn1)c1ccc(Oc2ccccc2)cc1. The Kier molecular flexibility index (Phi) is 4.93. The summed E-state index contributed by atoms with van der Waals surface area (Å²) in [7, 11) is 0. The van der Waals surface area contributed by atoms with Crippen molar-refractivity contribution in [3.05, 3.63) is 88.9 Å². The van der Waals surface area contributed by atoms with E-state index in [-0.39, 0.29) is 5.91 Å². The van der Waals surface area contributed by atoms with E-state index in [0.29, 0.717) is 23.6 Å². The van der Waals surface area contributed by atoms with Crippen LogP contribution in [0.1, 0.15) is 16.1 Å². The largest absolute Gasteiger partial charge is 0.457 e. The van der Waals surface area contributed by atoms with Crippen molar-refractivity contribution in [2.45, 2.75) is 6.54 Å². The van der Waals surface area contributed by atoms with Crippen LogP contribution in [0.3, 0.4) is 0 Å². The number of para-hydroxylation sites is 1. The van der Waals surface area contributed by atoms with E-state index in [4.69, 9.17) is 4.74 Å². The number of carbonyl (C=O) groups excluding carboxylic acids is 1. The van der Waals surface area contributed by atoms with Crippen molar-refractivity contribution in [3.8, 4) is 17.2 Å². The summed E-state index contributed by atoms with van der Waals surface area (Å²) in [6, 6.07) is 18.5. The Morgan fingerprint density at radius 3 is 2.56 bits per heavy atom. The van der Waals surface area contributed by atoms with Crippen LogP contribution >= 0.6 is 11.3 Å². The van der Waals surface area contributed by atoms with Gasteiger partial charge < -0.3 is 10.1 Å². The fourth-order valence-corrected chi connectivity index (χ4v) is 3.09. The molecule has 0 saturated heterocycles. The average Bonchev–Trinajstić information content (AvgIpc) is 3.39. The highest BCUT2D eigenvalue weighted by molar-refractivity contribution is 7.08. The fraction of sp³-hybridized carbons (Fsp3) is 0.0500. The zero-order valence-corrected chi connectivity index (χ0v) is 15.1. The van der Waals surface area contributed by atoms with Gasteiger partial charge in [0.05, 0.1) is 18.4 Å². The molecule has 0 unspecified atom stereocenters. The number of hydrogen-bond acceptors (Lipinski definition) is 5. The van der Waals surface area contributed by atoms with Crippen molar-refractivity contribution >= 4 is 17.2 Å². The number of aromatic nitrogens is 3. The monoisotopic (exact) mass is 376 g/mol. The van der Waals surface area contributed by atoms with E-state index in [1.807, 2.05) is 47.2 Å². The van der Waals surface area contributed by atoms with Crippen molar-refractivity contribution < 1.29 is 9.53 Å². The average molecular weight is 376 g/mol. The first-order valence-corrected chi connectivity index (χ1v) is 9.27. The second-order valence-corrected chi connectivity index (χ2v) is 6.54. The zero-order chi connectivity index (χ0) is 18.5. The van der Waals surface area contributed by atoms with Gasteiger partial charge in [0, 0.05) is 10.9 Å². The first kappa shape index (κ1) is 17.0. The second-order valence-electron chi connectivity index (χ2n) is 5.76. The maximum atomic E-state index is 12.3. The highest BCUT2D eigenvalue weighted by atomic mass is 32.1. The molecule has 2 heterocycles. The van der Waals surface area contributed by atoms with Crippen LogP contribution in [0.2, 0.25) is 0 Å². The molecule has 0 spiro atoms. The molecule has 1 amide bonds. The van der Waals surface area contributed by atoms with E-state index >= 15 is 0 Å². The number of amides is 1. The number of hydrogen-bond donors (Lipinski definition) is 1. The number of nitrogens with zero attached hydrogens (tertiary/aromatic N) is 3. The minimum atomic E-state index is -0.175. The third-order valence-corrected chi connectivity index (χ3v) is 4.51. The topological polar surface area (TPSA) is 69.0 Å². The summed E-state index contributed by atoms with van der Waals surface area (Å²) < 4.78 is 7.42. The lowest BCUT2D eigenvalue weighted by atomic mass is 10.2. The highest BCUT2D eigenvalue weighted by Crippen LogP contribution is 2.21. The number of rotatable bonds is 6. The van der Waals surface area contributed by atoms with Crippen molar-refractivity contribution in [1.29, 1.82) is 0 Å². The maximum Gasteiger partial charge on any atom is 0.251 e. The van der Waals surface area contributed by atoms with Gasteiger partial charge in [0.1, 0.15) is 17.2 Å². The number of thiophene rings is 1. The third-order valence-electron chi connectivity index (χ3n) is 3.84. The van der Waals surface area contributed by atoms with Crippen LogP contribution in [0.5, 0.6) is 11.5 Å². The van der Waals surface area contributed by atoms with E-state index in [0.717, 1.165) is 11.4 Å². The van der Waals surface area contributed by atoms with Crippen LogP contribution in [0.25, 0.3) is 5.69 Å². The minimum Gasteiger partial charge on any atom is -0.457 e. The van der Waals surface area contributed by atoms with E-state index in [1.54, 1.807) is 46.5 Å². The molecule has 27 heavy (non-hydrogen) atoms. The highest BCUT2D eigenvalue weighted by Gasteiger charge is 2.08. The summed E-state index contributed by atoms with van der Waals surface area (Å²) in [5.74, 6) is 1.26. The molecule has 2 aromatic heterocycles. The van der Waals surface area contributed by atoms with Crippen LogP contribution < -0.4 is 10.1 Å². The number of carbonyl (C=O) groups is 1. The van der Waals surface area contributed by atoms with E-state index in [2.05, 4.69) is 15.6 Å². The maximum absolute atomic E-state index is 12.3. The van der Waals surface area contributed by atoms with Crippen molar-refractivity contribution in [1.82, 2.24) is 20.3 Å². The van der Waals surface area contributed by atoms with Gasteiger partial charge in [-0.05, 0) is 47.8 Å². The van der Waals surface area contributed by atoms with E-state index in [1.165, 1.54) is 0 Å². The predicted molar refractivity (Wildman–Crippen MR) is 103 cm³/mol. The molecule has 4 aromatic rings. The third kappa shape index (κ3) is 4.21. The summed E-state index contributed by atoms with van der Waals surface area (Å²) in [5.41, 5.74) is 2.21. The Morgan fingerprint density at radius 1 is 1.04 bits per heavy atom. The summed E-state index contributed by atoms with van der Waals surface area (Å²) in [5, 5.41) is 15.0. The zero-order valence-electron chi connectivity index (χ0n) is 14.3. The van der Waals surface area contributed by atoms with Gasteiger partial charge in [-0.1, -0.05) is 23.4 Å². The first-order chi connectivity index (χ1) is 13.3. The van der Waals surface area contributed by atoms with Crippen LogP contribution in [-0.4, -0.2) is 20.9 Å². The normalized spacial score (nSPS) is 10.5. The van der Waals surface area contributed by atoms with Gasteiger partial charge in [0.15, 0.2) is 0 Å². The summed E-state index contributed by atoms with van der Waals surface area (Å²) >= 11 is 1.59. The molecule has 0 atom stereocenters. The predicted octanol–water partition coefficient (Wildman–Crippen LogP) is 4.05. The van der Waals surface area contributed by atoms with Gasteiger partial charge in [-0.15, -0.1) is 5.10 Å². The molecule has 0 bridgehead atoms. The van der Waals surface area contributed by atoms with Gasteiger partial charge in [-0.3, -0.25) is 4.79 Å². The molecule has 0 aliphatic heterocycles. The Bertz CT molecular complexity index is 1010. The Balaban J connectivity index is 1.34. The Hall–Kier alpha value is -3.45. The summed E-state index contributed by atoms with van der Waals surface area (Å²) in [4.78, 5) is 12.3. The van der Waals surface area contributed by atoms with Crippen molar-refractivity contribution in [3.63, 3.8) is 0 Å². The van der Waals surface area contributed by atoms with Crippen LogP contribution in [0.4, 0.5) is 0 Å². The quantitative estimate of drug-likeness (QED) is 0.551. The molecule has 0 aliphatic carbocycles. The lowest BCUT2D eigenvalue weighted by molar-refractivity contribution is 0.0950. The molecular weight excluding hydrogens is 360 g/mol. The van der Waals surface area contributed by atoms with Gasteiger partial charge in [0.25, 0.3) is 5.91 Å². The molecule has 134 valence electrons. The van der Waals surface area contributed by atoms with E-state index in [9.17, 15) is 4.79 Å². The standard InChI is InChI=1S/C20H16N4O2S/c25-20(21-12-16-13-24(23-22-16)17-10-11-27-14-17)15-6-8-19(9-7-15)26-18-4-2-1-3-5-18/h1-11,13-14H,12H2,(H,21,25). The Labute approximate surface area is 160 Å². The molecule has 0 radical (unpaired) electrons. The minimum absolute atomic E-state index is 0.175. The molecule has 4 rings (SSSR count). The Morgan fingerprint density at radius 2 is 1.81 bits per heavy atom. The summed E-state index contributed by atoms with van der Waals surface area (Å²) in [6.45, 7) is 0.311. The van der Waals surface area contributed by atoms with Gasteiger partial charge in [0.2, 0.25) is 0 Å². The summed E-state index contributed by atoms with van der Waals surface area (Å²) in [6.07, 6.45) is 1.80. The number of nitrogens with one attached hydrogen (secondary N) is 1. The van der Waals surface area contributed by atoms with Crippen LogP contribution in [0.15, 0.2) is 77.6 Å². The first-order valence-electron chi connectivity index (χ1n) is 8.33. The van der Waals surface area contributed by atoms with Crippen LogP contribution in [0, 0.1) is 0 Å². The molecule has 0 fully saturated rings. The molecule has 0 aliphatic rings. The van der Waals surface area contributed by atoms with Crippen molar-refractivity contribution in [2.75, 3.05) is 0 Å². The molecule has 2 aromatic carbocycles. The fourth-order valence-electron chi connectivity index (χ4n) is 2.47. The van der Waals surface area contributed by atoms with Gasteiger partial charge in [-0.25, -0.2) is 4.68 Å². The second kappa shape index (κ2) is 7.84. The molecule has 7 heteroatoms. The van der Waals surface area contributed by atoms with E-state index < -0.39 is 0 Å². The molecular formula is C20H16N4O2S. The molecule has 1 N–H and O–H groups in total. The lowest BCUT2D eigenvalue weighted by Crippen LogP contribution is -2.22. The number of benzene rings is 2.